The third-order valence-electron chi connectivity index (χ3n) is 7.91. The Morgan fingerprint density at radius 3 is 3.00 bits per heavy atom. The summed E-state index contributed by atoms with van der Waals surface area (Å²) in [5, 5.41) is 4.00. The van der Waals surface area contributed by atoms with Crippen molar-refractivity contribution in [3.8, 4) is 0 Å². The number of nitrogens with zero attached hydrogens (tertiary/aromatic N) is 1. The molecule has 6 unspecified atom stereocenters. The number of fused-ring (bicyclic) bond motifs is 6. The molecule has 0 saturated heterocycles. The molecular weight excluding hydrogens is 314 g/mol. The Labute approximate surface area is 149 Å². The van der Waals surface area contributed by atoms with Gasteiger partial charge in [0.25, 0.3) is 0 Å². The molecule has 0 amide bonds. The van der Waals surface area contributed by atoms with Gasteiger partial charge in [-0.2, -0.15) is 0 Å². The van der Waals surface area contributed by atoms with Crippen molar-refractivity contribution in [2.45, 2.75) is 64.9 Å². The van der Waals surface area contributed by atoms with E-state index in [1.807, 2.05) is 6.20 Å². The van der Waals surface area contributed by atoms with Gasteiger partial charge in [-0.05, 0) is 74.7 Å². The Morgan fingerprint density at radius 1 is 1.28 bits per heavy atom. The van der Waals surface area contributed by atoms with Crippen molar-refractivity contribution in [3.05, 3.63) is 23.1 Å². The first-order valence-corrected chi connectivity index (χ1v) is 9.87. The Balaban J connectivity index is 1.42. The number of hydrogen-bond donors (Lipinski definition) is 0. The lowest BCUT2D eigenvalue weighted by atomic mass is 9.52. The summed E-state index contributed by atoms with van der Waals surface area (Å²) >= 11 is 0. The molecule has 4 heteroatoms. The second kappa shape index (κ2) is 5.46. The van der Waals surface area contributed by atoms with Crippen molar-refractivity contribution >= 4 is 12.0 Å². The molecule has 4 aliphatic carbocycles. The fourth-order valence-corrected chi connectivity index (χ4v) is 6.78. The van der Waals surface area contributed by atoms with E-state index in [1.54, 1.807) is 12.5 Å². The van der Waals surface area contributed by atoms with E-state index in [-0.39, 0.29) is 17.5 Å². The minimum atomic E-state index is -0.116. The Bertz CT molecular complexity index is 735. The molecule has 0 aliphatic heterocycles. The summed E-state index contributed by atoms with van der Waals surface area (Å²) in [5.41, 5.74) is 3.06. The highest BCUT2D eigenvalue weighted by Crippen LogP contribution is 2.62. The van der Waals surface area contributed by atoms with Gasteiger partial charge in [-0.15, -0.1) is 0 Å². The summed E-state index contributed by atoms with van der Waals surface area (Å²) in [6.45, 7) is 3.94. The molecule has 3 saturated carbocycles. The molecular formula is C21H27NO3. The average molecular weight is 341 g/mol. The maximum Gasteiger partial charge on any atom is 0.302 e. The van der Waals surface area contributed by atoms with Gasteiger partial charge in [0, 0.05) is 17.9 Å². The highest BCUT2D eigenvalue weighted by molar-refractivity contribution is 5.66. The lowest BCUT2D eigenvalue weighted by Gasteiger charge is -2.53. The van der Waals surface area contributed by atoms with Gasteiger partial charge in [0.05, 0.1) is 6.20 Å². The van der Waals surface area contributed by atoms with Crippen LogP contribution < -0.4 is 0 Å². The molecule has 5 rings (SSSR count). The van der Waals surface area contributed by atoms with Gasteiger partial charge in [-0.3, -0.25) is 4.79 Å². The maximum absolute atomic E-state index is 11.5. The number of aromatic nitrogens is 1. The molecule has 0 N–H and O–H groups in total. The zero-order chi connectivity index (χ0) is 17.2. The minimum Gasteiger partial charge on any atom is -0.462 e. The molecule has 1 aromatic heterocycles. The van der Waals surface area contributed by atoms with Crippen molar-refractivity contribution in [1.82, 2.24) is 5.16 Å². The number of carbonyl (C=O) groups is 1. The lowest BCUT2D eigenvalue weighted by molar-refractivity contribution is -0.156. The van der Waals surface area contributed by atoms with Crippen LogP contribution in [0.4, 0.5) is 0 Å². The molecule has 0 spiro atoms. The predicted octanol–water partition coefficient (Wildman–Crippen LogP) is 4.40. The van der Waals surface area contributed by atoms with E-state index in [4.69, 9.17) is 9.26 Å². The maximum atomic E-state index is 11.5. The van der Waals surface area contributed by atoms with Crippen LogP contribution in [0.3, 0.4) is 0 Å². The van der Waals surface area contributed by atoms with E-state index < -0.39 is 0 Å². The monoisotopic (exact) mass is 341 g/mol. The van der Waals surface area contributed by atoms with Gasteiger partial charge >= 0.3 is 5.97 Å². The van der Waals surface area contributed by atoms with E-state index in [0.717, 1.165) is 30.4 Å². The topological polar surface area (TPSA) is 52.3 Å². The standard InChI is InChI=1S/C21H27NO3/c1-12(23)24-20-6-5-18-16-4-3-13-10-19-14(11-22-25-19)9-17(13)15(16)7-8-21(18,20)2/h10-11,15-18,20H,3-9H2,1-2H3. The largest absolute Gasteiger partial charge is 0.462 e. The molecule has 0 aromatic carbocycles. The van der Waals surface area contributed by atoms with Crippen LogP contribution in [0.2, 0.25) is 0 Å². The van der Waals surface area contributed by atoms with Gasteiger partial charge in [0.15, 0.2) is 5.76 Å². The number of ether oxygens (including phenoxy) is 1. The first-order chi connectivity index (χ1) is 12.1. The summed E-state index contributed by atoms with van der Waals surface area (Å²) in [7, 11) is 0. The number of rotatable bonds is 1. The number of esters is 1. The van der Waals surface area contributed by atoms with Gasteiger partial charge < -0.3 is 9.26 Å². The van der Waals surface area contributed by atoms with Crippen LogP contribution in [0.1, 0.15) is 63.7 Å². The minimum absolute atomic E-state index is 0.116. The van der Waals surface area contributed by atoms with Gasteiger partial charge in [0.1, 0.15) is 6.10 Å². The summed E-state index contributed by atoms with van der Waals surface area (Å²) in [5.74, 6) is 3.81. The van der Waals surface area contributed by atoms with E-state index in [9.17, 15) is 4.79 Å². The van der Waals surface area contributed by atoms with Gasteiger partial charge in [-0.1, -0.05) is 17.7 Å². The molecule has 1 aromatic rings. The van der Waals surface area contributed by atoms with E-state index in [1.165, 1.54) is 37.7 Å². The van der Waals surface area contributed by atoms with Crippen LogP contribution in [0.25, 0.3) is 6.08 Å². The van der Waals surface area contributed by atoms with Crippen molar-refractivity contribution in [3.63, 3.8) is 0 Å². The van der Waals surface area contributed by atoms with E-state index in [2.05, 4.69) is 18.2 Å². The number of allylic oxidation sites excluding steroid dienone is 1. The zero-order valence-corrected chi connectivity index (χ0v) is 15.2. The predicted molar refractivity (Wildman–Crippen MR) is 93.5 cm³/mol. The van der Waals surface area contributed by atoms with Crippen molar-refractivity contribution in [2.24, 2.45) is 29.1 Å². The lowest BCUT2D eigenvalue weighted by Crippen LogP contribution is -2.48. The molecule has 0 radical (unpaired) electrons. The van der Waals surface area contributed by atoms with Crippen molar-refractivity contribution in [1.29, 1.82) is 0 Å². The Kier molecular flexibility index (Phi) is 3.42. The Hall–Kier alpha value is -1.58. The first kappa shape index (κ1) is 15.7. The van der Waals surface area contributed by atoms with Gasteiger partial charge in [0.2, 0.25) is 0 Å². The zero-order valence-electron chi connectivity index (χ0n) is 15.2. The third kappa shape index (κ3) is 2.25. The van der Waals surface area contributed by atoms with Crippen LogP contribution in [0.15, 0.2) is 16.3 Å². The molecule has 4 nitrogen and oxygen atoms in total. The molecule has 1 heterocycles. The van der Waals surface area contributed by atoms with Crippen LogP contribution in [-0.2, 0) is 16.0 Å². The smallest absolute Gasteiger partial charge is 0.302 e. The number of hydrogen-bond acceptors (Lipinski definition) is 4. The van der Waals surface area contributed by atoms with Gasteiger partial charge in [-0.25, -0.2) is 0 Å². The summed E-state index contributed by atoms with van der Waals surface area (Å²) in [6, 6.07) is 0. The highest BCUT2D eigenvalue weighted by atomic mass is 16.5. The summed E-state index contributed by atoms with van der Waals surface area (Å²) in [6.07, 6.45) is 12.6. The number of carbonyl (C=O) groups excluding carboxylic acids is 1. The van der Waals surface area contributed by atoms with E-state index >= 15 is 0 Å². The molecule has 25 heavy (non-hydrogen) atoms. The normalized spacial score (nSPS) is 41.8. The van der Waals surface area contributed by atoms with Crippen molar-refractivity contribution < 1.29 is 14.1 Å². The molecule has 3 fully saturated rings. The molecule has 134 valence electrons. The quantitative estimate of drug-likeness (QED) is 0.711. The van der Waals surface area contributed by atoms with Crippen LogP contribution in [0, 0.1) is 29.1 Å². The van der Waals surface area contributed by atoms with Crippen LogP contribution >= 0.6 is 0 Å². The Morgan fingerprint density at radius 2 is 2.16 bits per heavy atom. The van der Waals surface area contributed by atoms with Crippen LogP contribution in [-0.4, -0.2) is 17.2 Å². The van der Waals surface area contributed by atoms with E-state index in [0.29, 0.717) is 11.8 Å². The fraction of sp³-hybridized carbons (Fsp3) is 0.714. The SMILES string of the molecule is CC(=O)OC1CCC2C3CCC4=Cc5oncc5CC4C3CCC12C. The fourth-order valence-electron chi connectivity index (χ4n) is 6.78. The first-order valence-electron chi connectivity index (χ1n) is 9.87. The third-order valence-corrected chi connectivity index (χ3v) is 7.91. The molecule has 4 aliphatic rings. The molecule has 0 bridgehead atoms. The average Bonchev–Trinajstić information content (AvgIpc) is 3.16. The van der Waals surface area contributed by atoms with Crippen LogP contribution in [0.5, 0.6) is 0 Å². The van der Waals surface area contributed by atoms with Crippen molar-refractivity contribution in [2.75, 3.05) is 0 Å². The highest BCUT2D eigenvalue weighted by Gasteiger charge is 2.57. The summed E-state index contributed by atoms with van der Waals surface area (Å²) < 4.78 is 11.1. The second-order valence-electron chi connectivity index (χ2n) is 8.94. The summed E-state index contributed by atoms with van der Waals surface area (Å²) in [4.78, 5) is 11.5. The molecule has 6 atom stereocenters. The second-order valence-corrected chi connectivity index (χ2v) is 8.94.